The molecule has 0 atom stereocenters. The van der Waals surface area contributed by atoms with Gasteiger partial charge in [-0.2, -0.15) is 0 Å². The summed E-state index contributed by atoms with van der Waals surface area (Å²) in [6, 6.07) is 20.1. The Labute approximate surface area is 158 Å². The minimum Gasteiger partial charge on any atom is -0.459 e. The summed E-state index contributed by atoms with van der Waals surface area (Å²) in [4.78, 5) is 2.34. The molecule has 1 aliphatic rings. The molecule has 0 amide bonds. The monoisotopic (exact) mass is 368 g/mol. The number of halogens is 1. The minimum atomic E-state index is 0.636. The molecule has 134 valence electrons. The number of anilines is 2. The van der Waals surface area contributed by atoms with Crippen molar-refractivity contribution in [3.8, 4) is 11.3 Å². The number of furan rings is 1. The van der Waals surface area contributed by atoms with Crippen molar-refractivity contribution in [3.63, 3.8) is 0 Å². The molecular weight excluding hydrogens is 348 g/mol. The Kier molecular flexibility index (Phi) is 5.14. The molecular formula is C21H21ClN2O2. The number of ether oxygens (including phenoxy) is 1. The Hall–Kier alpha value is -2.43. The minimum absolute atomic E-state index is 0.636. The number of morpholine rings is 1. The van der Waals surface area contributed by atoms with Gasteiger partial charge in [-0.05, 0) is 48.5 Å². The molecule has 1 N–H and O–H groups in total. The number of nitrogens with zero attached hydrogens (tertiary/aromatic N) is 1. The van der Waals surface area contributed by atoms with Gasteiger partial charge in [0.15, 0.2) is 0 Å². The number of nitrogens with one attached hydrogen (secondary N) is 1. The predicted octanol–water partition coefficient (Wildman–Crippen LogP) is 5.05. The van der Waals surface area contributed by atoms with Gasteiger partial charge < -0.3 is 19.4 Å². The second-order valence-corrected chi connectivity index (χ2v) is 6.71. The molecule has 1 aliphatic heterocycles. The lowest BCUT2D eigenvalue weighted by Gasteiger charge is -2.28. The summed E-state index contributed by atoms with van der Waals surface area (Å²) in [5, 5.41) is 4.11. The topological polar surface area (TPSA) is 37.6 Å². The highest BCUT2D eigenvalue weighted by Gasteiger charge is 2.11. The number of benzene rings is 2. The van der Waals surface area contributed by atoms with Gasteiger partial charge in [0.25, 0.3) is 0 Å². The number of hydrogen-bond donors (Lipinski definition) is 1. The van der Waals surface area contributed by atoms with Crippen LogP contribution in [0.25, 0.3) is 11.3 Å². The van der Waals surface area contributed by atoms with Gasteiger partial charge in [-0.15, -0.1) is 0 Å². The van der Waals surface area contributed by atoms with Crippen molar-refractivity contribution in [3.05, 3.63) is 71.4 Å². The summed E-state index contributed by atoms with van der Waals surface area (Å²) in [6.07, 6.45) is 0. The molecule has 0 unspecified atom stereocenters. The summed E-state index contributed by atoms with van der Waals surface area (Å²) in [6.45, 7) is 4.13. The molecule has 2 aromatic carbocycles. The van der Waals surface area contributed by atoms with Gasteiger partial charge in [-0.3, -0.25) is 0 Å². The number of hydrogen-bond acceptors (Lipinski definition) is 4. The highest BCUT2D eigenvalue weighted by Crippen LogP contribution is 2.25. The van der Waals surface area contributed by atoms with Crippen molar-refractivity contribution in [2.75, 3.05) is 36.5 Å². The first kappa shape index (κ1) is 17.0. The highest BCUT2D eigenvalue weighted by molar-refractivity contribution is 6.30. The summed E-state index contributed by atoms with van der Waals surface area (Å²) < 4.78 is 11.3. The molecule has 1 fully saturated rings. The molecule has 0 saturated carbocycles. The van der Waals surface area contributed by atoms with Crippen LogP contribution in [-0.4, -0.2) is 26.3 Å². The predicted molar refractivity (Wildman–Crippen MR) is 106 cm³/mol. The molecule has 4 rings (SSSR count). The average molecular weight is 369 g/mol. The van der Waals surface area contributed by atoms with Crippen LogP contribution >= 0.6 is 11.6 Å². The van der Waals surface area contributed by atoms with Gasteiger partial charge in [-0.1, -0.05) is 23.7 Å². The molecule has 26 heavy (non-hydrogen) atoms. The van der Waals surface area contributed by atoms with Crippen molar-refractivity contribution in [2.45, 2.75) is 6.54 Å². The fourth-order valence-corrected chi connectivity index (χ4v) is 3.26. The van der Waals surface area contributed by atoms with Crippen LogP contribution < -0.4 is 10.2 Å². The fraction of sp³-hybridized carbons (Fsp3) is 0.238. The summed E-state index contributed by atoms with van der Waals surface area (Å²) >= 11 is 6.05. The Bertz CT molecular complexity index is 854. The molecule has 0 aliphatic carbocycles. The standard InChI is InChI=1S/C21H21ClN2O2/c22-17-3-1-2-16(14-17)21-9-8-20(26-21)15-23-18-4-6-19(7-5-18)24-10-12-25-13-11-24/h1-9,14,23H,10-13,15H2. The van der Waals surface area contributed by atoms with E-state index in [4.69, 9.17) is 20.8 Å². The molecule has 0 spiro atoms. The maximum absolute atomic E-state index is 6.05. The maximum atomic E-state index is 6.05. The van der Waals surface area contributed by atoms with Crippen LogP contribution in [0.1, 0.15) is 5.76 Å². The maximum Gasteiger partial charge on any atom is 0.134 e. The van der Waals surface area contributed by atoms with Crippen molar-refractivity contribution >= 4 is 23.0 Å². The molecule has 4 nitrogen and oxygen atoms in total. The molecule has 0 radical (unpaired) electrons. The fourth-order valence-electron chi connectivity index (χ4n) is 3.07. The van der Waals surface area contributed by atoms with Crippen LogP contribution in [0.15, 0.2) is 65.1 Å². The zero-order valence-electron chi connectivity index (χ0n) is 14.5. The van der Waals surface area contributed by atoms with Crippen molar-refractivity contribution < 1.29 is 9.15 Å². The van der Waals surface area contributed by atoms with E-state index in [1.807, 2.05) is 36.4 Å². The Morgan fingerprint density at radius 2 is 1.77 bits per heavy atom. The summed E-state index contributed by atoms with van der Waals surface area (Å²) in [5.74, 6) is 1.71. The van der Waals surface area contributed by atoms with E-state index in [0.717, 1.165) is 49.1 Å². The van der Waals surface area contributed by atoms with E-state index in [2.05, 4.69) is 34.5 Å². The van der Waals surface area contributed by atoms with Crippen LogP contribution in [0.4, 0.5) is 11.4 Å². The van der Waals surface area contributed by atoms with E-state index in [0.29, 0.717) is 11.6 Å². The lowest BCUT2D eigenvalue weighted by molar-refractivity contribution is 0.122. The second-order valence-electron chi connectivity index (χ2n) is 6.28. The smallest absolute Gasteiger partial charge is 0.134 e. The van der Waals surface area contributed by atoms with E-state index in [9.17, 15) is 0 Å². The van der Waals surface area contributed by atoms with Gasteiger partial charge in [0.1, 0.15) is 11.5 Å². The van der Waals surface area contributed by atoms with Crippen molar-refractivity contribution in [1.29, 1.82) is 0 Å². The SMILES string of the molecule is Clc1cccc(-c2ccc(CNc3ccc(N4CCOCC4)cc3)o2)c1. The molecule has 0 bridgehead atoms. The first-order valence-corrected chi connectivity index (χ1v) is 9.17. The third-order valence-electron chi connectivity index (χ3n) is 4.48. The Morgan fingerprint density at radius 1 is 0.962 bits per heavy atom. The van der Waals surface area contributed by atoms with Crippen LogP contribution in [0.2, 0.25) is 5.02 Å². The second kappa shape index (κ2) is 7.85. The molecule has 3 aromatic rings. The molecule has 5 heteroatoms. The van der Waals surface area contributed by atoms with Gasteiger partial charge in [0, 0.05) is 35.1 Å². The van der Waals surface area contributed by atoms with Crippen LogP contribution in [0, 0.1) is 0 Å². The van der Waals surface area contributed by atoms with Gasteiger partial charge in [0.05, 0.1) is 19.8 Å². The first-order valence-electron chi connectivity index (χ1n) is 8.79. The lowest BCUT2D eigenvalue weighted by Crippen LogP contribution is -2.36. The Balaban J connectivity index is 1.37. The third-order valence-corrected chi connectivity index (χ3v) is 4.72. The zero-order chi connectivity index (χ0) is 17.8. The van der Waals surface area contributed by atoms with E-state index in [1.165, 1.54) is 5.69 Å². The van der Waals surface area contributed by atoms with Crippen molar-refractivity contribution in [1.82, 2.24) is 0 Å². The molecule has 1 aromatic heterocycles. The van der Waals surface area contributed by atoms with Gasteiger partial charge in [-0.25, -0.2) is 0 Å². The van der Waals surface area contributed by atoms with Crippen molar-refractivity contribution in [2.24, 2.45) is 0 Å². The van der Waals surface area contributed by atoms with Gasteiger partial charge >= 0.3 is 0 Å². The van der Waals surface area contributed by atoms with Gasteiger partial charge in [0.2, 0.25) is 0 Å². The Morgan fingerprint density at radius 3 is 2.54 bits per heavy atom. The van der Waals surface area contributed by atoms with E-state index >= 15 is 0 Å². The third kappa shape index (κ3) is 4.03. The molecule has 1 saturated heterocycles. The van der Waals surface area contributed by atoms with Crippen LogP contribution in [0.5, 0.6) is 0 Å². The quantitative estimate of drug-likeness (QED) is 0.684. The molecule has 2 heterocycles. The van der Waals surface area contributed by atoms with E-state index in [-0.39, 0.29) is 0 Å². The van der Waals surface area contributed by atoms with E-state index < -0.39 is 0 Å². The first-order chi connectivity index (χ1) is 12.8. The zero-order valence-corrected chi connectivity index (χ0v) is 15.2. The lowest BCUT2D eigenvalue weighted by atomic mass is 10.2. The highest BCUT2D eigenvalue weighted by atomic mass is 35.5. The van der Waals surface area contributed by atoms with Crippen LogP contribution in [0.3, 0.4) is 0 Å². The average Bonchev–Trinajstić information content (AvgIpc) is 3.17. The summed E-state index contributed by atoms with van der Waals surface area (Å²) in [7, 11) is 0. The largest absolute Gasteiger partial charge is 0.459 e. The number of rotatable bonds is 5. The van der Waals surface area contributed by atoms with Crippen LogP contribution in [-0.2, 0) is 11.3 Å². The summed E-state index contributed by atoms with van der Waals surface area (Å²) in [5.41, 5.74) is 3.29. The van der Waals surface area contributed by atoms with E-state index in [1.54, 1.807) is 0 Å². The normalized spacial score (nSPS) is 14.4.